The molecule has 0 saturated heterocycles. The minimum atomic E-state index is 0.744. The Hall–Kier alpha value is -0.830. The second kappa shape index (κ2) is 16.6. The van der Waals surface area contributed by atoms with Crippen LogP contribution in [0.4, 0.5) is 0 Å². The van der Waals surface area contributed by atoms with Crippen LogP contribution in [0.15, 0.2) is 17.1 Å². The molecular formula is C22H43N3. The van der Waals surface area contributed by atoms with Gasteiger partial charge in [0, 0.05) is 26.1 Å². The van der Waals surface area contributed by atoms with Crippen molar-refractivity contribution in [2.75, 3.05) is 26.2 Å². The molecular weight excluding hydrogens is 306 g/mol. The third-order valence-electron chi connectivity index (χ3n) is 5.09. The van der Waals surface area contributed by atoms with Gasteiger partial charge in [0.05, 0.1) is 12.4 Å². The number of hydrogen-bond donors (Lipinski definition) is 1. The monoisotopic (exact) mass is 349 g/mol. The Bertz CT molecular complexity index is 349. The third kappa shape index (κ3) is 12.2. The molecule has 146 valence electrons. The van der Waals surface area contributed by atoms with Crippen molar-refractivity contribution in [1.29, 1.82) is 0 Å². The zero-order valence-corrected chi connectivity index (χ0v) is 16.9. The number of rotatable bonds is 17. The van der Waals surface area contributed by atoms with Crippen molar-refractivity contribution in [2.45, 2.75) is 96.8 Å². The molecule has 0 fully saturated rings. The summed E-state index contributed by atoms with van der Waals surface area (Å²) in [4.78, 5) is 7.00. The van der Waals surface area contributed by atoms with Gasteiger partial charge in [-0.05, 0) is 25.7 Å². The summed E-state index contributed by atoms with van der Waals surface area (Å²) in [6, 6.07) is 0. The van der Waals surface area contributed by atoms with Crippen molar-refractivity contribution in [1.82, 2.24) is 4.90 Å². The predicted octanol–water partition coefficient (Wildman–Crippen LogP) is 5.70. The predicted molar refractivity (Wildman–Crippen MR) is 112 cm³/mol. The van der Waals surface area contributed by atoms with Crippen molar-refractivity contribution >= 4 is 5.84 Å². The van der Waals surface area contributed by atoms with E-state index in [0.717, 1.165) is 32.6 Å². The molecule has 3 heteroatoms. The quantitative estimate of drug-likeness (QED) is 0.270. The normalized spacial score (nSPS) is 14.6. The van der Waals surface area contributed by atoms with E-state index in [1.54, 1.807) is 0 Å². The Morgan fingerprint density at radius 2 is 1.48 bits per heavy atom. The summed E-state index contributed by atoms with van der Waals surface area (Å²) in [5.41, 5.74) is 5.66. The van der Waals surface area contributed by atoms with Gasteiger partial charge in [-0.15, -0.1) is 0 Å². The van der Waals surface area contributed by atoms with Crippen LogP contribution in [0.5, 0.6) is 0 Å². The summed E-state index contributed by atoms with van der Waals surface area (Å²) in [5, 5.41) is 0. The van der Waals surface area contributed by atoms with E-state index < -0.39 is 0 Å². The zero-order chi connectivity index (χ0) is 18.0. The van der Waals surface area contributed by atoms with E-state index in [4.69, 9.17) is 5.73 Å². The summed E-state index contributed by atoms with van der Waals surface area (Å²) < 4.78 is 0. The maximum absolute atomic E-state index is 5.66. The van der Waals surface area contributed by atoms with Gasteiger partial charge in [-0.25, -0.2) is 0 Å². The second-order valence-corrected chi connectivity index (χ2v) is 7.41. The summed E-state index contributed by atoms with van der Waals surface area (Å²) in [6.45, 7) is 6.04. The van der Waals surface area contributed by atoms with Crippen molar-refractivity contribution in [3.63, 3.8) is 0 Å². The first-order valence-corrected chi connectivity index (χ1v) is 11.0. The maximum Gasteiger partial charge on any atom is 0.0990 e. The highest BCUT2D eigenvalue weighted by Crippen LogP contribution is 2.13. The van der Waals surface area contributed by atoms with Gasteiger partial charge in [0.25, 0.3) is 0 Å². The average molecular weight is 350 g/mol. The van der Waals surface area contributed by atoms with E-state index in [1.165, 1.54) is 89.3 Å². The molecule has 0 aromatic carbocycles. The molecule has 0 aliphatic carbocycles. The van der Waals surface area contributed by atoms with E-state index >= 15 is 0 Å². The first kappa shape index (κ1) is 22.2. The molecule has 1 aliphatic heterocycles. The Balaban J connectivity index is 1.80. The molecule has 0 amide bonds. The largest absolute Gasteiger partial charge is 0.357 e. The summed E-state index contributed by atoms with van der Waals surface area (Å²) in [5.74, 6) is 1.31. The molecule has 0 aromatic rings. The lowest BCUT2D eigenvalue weighted by atomic mass is 10.1. The highest BCUT2D eigenvalue weighted by atomic mass is 15.2. The highest BCUT2D eigenvalue weighted by molar-refractivity contribution is 5.83. The van der Waals surface area contributed by atoms with Crippen LogP contribution in [0, 0.1) is 0 Å². The van der Waals surface area contributed by atoms with E-state index in [-0.39, 0.29) is 0 Å². The van der Waals surface area contributed by atoms with Gasteiger partial charge in [-0.1, -0.05) is 76.9 Å². The van der Waals surface area contributed by atoms with Gasteiger partial charge < -0.3 is 10.6 Å². The van der Waals surface area contributed by atoms with Gasteiger partial charge >= 0.3 is 0 Å². The van der Waals surface area contributed by atoms with Gasteiger partial charge in [0.1, 0.15) is 0 Å². The number of nitrogens with zero attached hydrogens (tertiary/aromatic N) is 2. The lowest BCUT2D eigenvalue weighted by molar-refractivity contribution is 0.456. The molecule has 1 aliphatic rings. The SMILES string of the molecule is CCCC/C=C/CCCCCCCCCCCC1=NCCN1CCN. The van der Waals surface area contributed by atoms with Crippen molar-refractivity contribution < 1.29 is 0 Å². The topological polar surface area (TPSA) is 41.6 Å². The van der Waals surface area contributed by atoms with Gasteiger partial charge in [-0.3, -0.25) is 4.99 Å². The molecule has 0 bridgehead atoms. The Morgan fingerprint density at radius 3 is 2.12 bits per heavy atom. The van der Waals surface area contributed by atoms with Crippen LogP contribution in [-0.2, 0) is 0 Å². The number of unbranched alkanes of at least 4 members (excludes halogenated alkanes) is 11. The fraction of sp³-hybridized carbons (Fsp3) is 0.864. The number of nitrogens with two attached hydrogens (primary N) is 1. The van der Waals surface area contributed by atoms with Crippen LogP contribution in [-0.4, -0.2) is 36.9 Å². The fourth-order valence-corrected chi connectivity index (χ4v) is 3.50. The number of amidine groups is 1. The van der Waals surface area contributed by atoms with Crippen LogP contribution in [0.3, 0.4) is 0 Å². The minimum Gasteiger partial charge on any atom is -0.357 e. The molecule has 1 rings (SSSR count). The summed E-state index contributed by atoms with van der Waals surface area (Å²) >= 11 is 0. The standard InChI is InChI=1S/C22H43N3/c1-2-3-4-5-6-7-8-9-10-11-12-13-14-15-16-17-22-24-19-21-25(22)20-18-23/h5-6H,2-4,7-21,23H2,1H3/b6-5+. The van der Waals surface area contributed by atoms with Gasteiger partial charge in [0.2, 0.25) is 0 Å². The summed E-state index contributed by atoms with van der Waals surface area (Å²) in [7, 11) is 0. The molecule has 25 heavy (non-hydrogen) atoms. The van der Waals surface area contributed by atoms with E-state index in [0.29, 0.717) is 0 Å². The zero-order valence-electron chi connectivity index (χ0n) is 16.9. The summed E-state index contributed by atoms with van der Waals surface area (Å²) in [6.07, 6.45) is 23.7. The molecule has 1 heterocycles. The molecule has 0 saturated carbocycles. The molecule has 3 nitrogen and oxygen atoms in total. The van der Waals surface area contributed by atoms with E-state index in [9.17, 15) is 0 Å². The van der Waals surface area contributed by atoms with Crippen LogP contribution >= 0.6 is 0 Å². The Kier molecular flexibility index (Phi) is 14.8. The number of aliphatic imine (C=N–C) groups is 1. The molecule has 0 atom stereocenters. The Labute approximate surface area is 157 Å². The van der Waals surface area contributed by atoms with Crippen LogP contribution in [0.1, 0.15) is 96.8 Å². The molecule has 0 spiro atoms. The molecule has 2 N–H and O–H groups in total. The average Bonchev–Trinajstić information content (AvgIpc) is 3.06. The van der Waals surface area contributed by atoms with Crippen molar-refractivity contribution in [3.05, 3.63) is 12.2 Å². The van der Waals surface area contributed by atoms with Crippen molar-refractivity contribution in [2.24, 2.45) is 10.7 Å². The maximum atomic E-state index is 5.66. The van der Waals surface area contributed by atoms with Crippen LogP contribution in [0.2, 0.25) is 0 Å². The van der Waals surface area contributed by atoms with E-state index in [1.807, 2.05) is 0 Å². The number of hydrogen-bond acceptors (Lipinski definition) is 3. The Morgan fingerprint density at radius 1 is 0.880 bits per heavy atom. The lowest BCUT2D eigenvalue weighted by Crippen LogP contribution is -2.32. The highest BCUT2D eigenvalue weighted by Gasteiger charge is 2.14. The lowest BCUT2D eigenvalue weighted by Gasteiger charge is -2.19. The number of allylic oxidation sites excluding steroid dienone is 2. The molecule has 0 radical (unpaired) electrons. The van der Waals surface area contributed by atoms with Gasteiger partial charge in [-0.2, -0.15) is 0 Å². The first-order valence-electron chi connectivity index (χ1n) is 11.0. The van der Waals surface area contributed by atoms with Crippen LogP contribution in [0.25, 0.3) is 0 Å². The molecule has 0 aromatic heterocycles. The smallest absolute Gasteiger partial charge is 0.0990 e. The van der Waals surface area contributed by atoms with E-state index in [2.05, 4.69) is 29.0 Å². The fourth-order valence-electron chi connectivity index (χ4n) is 3.50. The molecule has 0 unspecified atom stereocenters. The van der Waals surface area contributed by atoms with Crippen molar-refractivity contribution in [3.8, 4) is 0 Å². The van der Waals surface area contributed by atoms with Gasteiger partial charge in [0.15, 0.2) is 0 Å². The first-order chi connectivity index (χ1) is 12.4. The van der Waals surface area contributed by atoms with Crippen LogP contribution < -0.4 is 5.73 Å². The minimum absolute atomic E-state index is 0.744. The third-order valence-corrected chi connectivity index (χ3v) is 5.09. The second-order valence-electron chi connectivity index (χ2n) is 7.41.